The fraction of sp³-hybridized carbons (Fsp3) is 0.222. The van der Waals surface area contributed by atoms with Crippen LogP contribution in [0.2, 0.25) is 0 Å². The molecule has 90 valence electrons. The first kappa shape index (κ1) is 14.0. The molecule has 0 aliphatic heterocycles. The average molecular weight is 457 g/mol. The van der Waals surface area contributed by atoms with E-state index in [2.05, 4.69) is 23.4 Å². The first-order chi connectivity index (χ1) is 7.34. The number of carbonyl (C=O) groups is 1. The number of ether oxygens (including phenoxy) is 1. The van der Waals surface area contributed by atoms with Gasteiger partial charge in [-0.2, -0.15) is 0 Å². The molecule has 1 aromatic carbocycles. The maximum atomic E-state index is 12.0. The van der Waals surface area contributed by atoms with Crippen molar-refractivity contribution in [1.82, 2.24) is 0 Å². The quantitative estimate of drug-likeness (QED) is 0.358. The van der Waals surface area contributed by atoms with Crippen molar-refractivity contribution in [2.24, 2.45) is 0 Å². The van der Waals surface area contributed by atoms with Gasteiger partial charge in [0.05, 0.1) is 0 Å². The van der Waals surface area contributed by atoms with Gasteiger partial charge in [0.25, 0.3) is 0 Å². The van der Waals surface area contributed by atoms with Gasteiger partial charge in [-0.1, -0.05) is 0 Å². The van der Waals surface area contributed by atoms with Crippen LogP contribution in [0.3, 0.4) is 0 Å². The molecule has 16 heavy (non-hydrogen) atoms. The molecule has 0 aliphatic carbocycles. The Balaban J connectivity index is 2.96. The van der Waals surface area contributed by atoms with Crippen LogP contribution in [0.25, 0.3) is 0 Å². The van der Waals surface area contributed by atoms with Crippen molar-refractivity contribution in [3.8, 4) is 5.75 Å². The van der Waals surface area contributed by atoms with E-state index >= 15 is 0 Å². The Kier molecular flexibility index (Phi) is 4.83. The Hall–Kier alpha value is -0.0600. The van der Waals surface area contributed by atoms with Crippen molar-refractivity contribution >= 4 is 24.6 Å². The minimum absolute atomic E-state index is 0.0181. The molecule has 0 radical (unpaired) electrons. The van der Waals surface area contributed by atoms with E-state index in [1.165, 1.54) is 6.07 Å². The van der Waals surface area contributed by atoms with Gasteiger partial charge in [-0.25, -0.2) is 0 Å². The molecule has 0 aromatic heterocycles. The van der Waals surface area contributed by atoms with Crippen LogP contribution in [0.1, 0.15) is 5.56 Å². The van der Waals surface area contributed by atoms with Gasteiger partial charge in [-0.05, 0) is 0 Å². The number of halogens is 5. The van der Waals surface area contributed by atoms with Crippen LogP contribution in [0.4, 0.5) is 13.2 Å². The third-order valence-corrected chi connectivity index (χ3v) is 5.87. The summed E-state index contributed by atoms with van der Waals surface area (Å²) in [4.78, 5) is 10.7. The zero-order valence-corrected chi connectivity index (χ0v) is 12.3. The van der Waals surface area contributed by atoms with E-state index in [4.69, 9.17) is 0 Å². The number of aryl methyl sites for hydroxylation is 1. The monoisotopic (exact) mass is 457 g/mol. The number of esters is 1. The molecule has 0 saturated heterocycles. The Morgan fingerprint density at radius 2 is 2.06 bits per heavy atom. The van der Waals surface area contributed by atoms with Crippen LogP contribution in [-0.2, 0) is 4.79 Å². The van der Waals surface area contributed by atoms with Crippen molar-refractivity contribution in [3.05, 3.63) is 27.3 Å². The summed E-state index contributed by atoms with van der Waals surface area (Å²) >= 11 is 1.63. The normalized spacial score (nSPS) is 11.6. The molecule has 0 fully saturated rings. The van der Waals surface area contributed by atoms with Gasteiger partial charge < -0.3 is 0 Å². The Morgan fingerprint density at radius 3 is 2.56 bits per heavy atom. The Morgan fingerprint density at radius 1 is 1.44 bits per heavy atom. The van der Waals surface area contributed by atoms with Crippen LogP contribution in [0.15, 0.2) is 18.2 Å². The molecule has 0 bridgehead atoms. The number of hydrogen-bond donors (Lipinski definition) is 0. The average Bonchev–Trinajstić information content (AvgIpc) is 2.16. The standard InChI is InChI=1S/C9H6F3I2O2/c1-5-2-3-6(14-13)7(4-5)16-8(15)9(10,11)12/h2-4H,1H3/q-1. The molecule has 0 spiro atoms. The molecule has 0 N–H and O–H groups in total. The Labute approximate surface area is 110 Å². The molecule has 1 aromatic rings. The van der Waals surface area contributed by atoms with Gasteiger partial charge in [0.1, 0.15) is 0 Å². The van der Waals surface area contributed by atoms with Gasteiger partial charge in [-0.3, -0.25) is 0 Å². The summed E-state index contributed by atoms with van der Waals surface area (Å²) < 4.78 is 41.0. The van der Waals surface area contributed by atoms with Crippen molar-refractivity contribution in [2.75, 3.05) is 0 Å². The molecule has 0 aliphatic rings. The maximum absolute atomic E-state index is 12.0. The molecule has 0 amide bonds. The molecule has 2 nitrogen and oxygen atoms in total. The van der Waals surface area contributed by atoms with Crippen LogP contribution in [-0.4, -0.2) is 12.1 Å². The molecule has 0 heterocycles. The number of carbonyl (C=O) groups excluding carboxylic acids is 1. The summed E-state index contributed by atoms with van der Waals surface area (Å²) in [6.45, 7) is 1.72. The van der Waals surface area contributed by atoms with E-state index in [-0.39, 0.29) is 5.75 Å². The molecular weight excluding hydrogens is 451 g/mol. The second-order valence-corrected chi connectivity index (χ2v) is 7.20. The fourth-order valence-corrected chi connectivity index (χ4v) is 3.95. The number of hydrogen-bond acceptors (Lipinski definition) is 2. The summed E-state index contributed by atoms with van der Waals surface area (Å²) in [7, 11) is 0. The third kappa shape index (κ3) is 3.75. The molecule has 7 heteroatoms. The van der Waals surface area contributed by atoms with Gasteiger partial charge >= 0.3 is 111 Å². The molecule has 0 atom stereocenters. The van der Waals surface area contributed by atoms with E-state index in [1.807, 2.05) is 0 Å². The van der Waals surface area contributed by atoms with E-state index in [9.17, 15) is 18.0 Å². The van der Waals surface area contributed by atoms with E-state index < -0.39 is 29.4 Å². The molecule has 1 rings (SSSR count). The first-order valence-electron chi connectivity index (χ1n) is 4.00. The second-order valence-electron chi connectivity index (χ2n) is 2.89. The van der Waals surface area contributed by atoms with Gasteiger partial charge in [-0.15, -0.1) is 0 Å². The molecular formula is C9H6F3I2O2-. The summed E-state index contributed by atoms with van der Waals surface area (Å²) in [6, 6.07) is 4.91. The first-order valence-corrected chi connectivity index (χ1v) is 11.4. The predicted molar refractivity (Wildman–Crippen MR) is 55.6 cm³/mol. The molecule has 0 unspecified atom stereocenters. The number of benzene rings is 1. The van der Waals surface area contributed by atoms with Crippen molar-refractivity contribution in [3.63, 3.8) is 0 Å². The van der Waals surface area contributed by atoms with E-state index in [0.717, 1.165) is 5.56 Å². The van der Waals surface area contributed by atoms with Crippen LogP contribution in [0, 0.1) is 10.5 Å². The summed E-state index contributed by atoms with van der Waals surface area (Å²) in [5.41, 5.74) is 0.752. The van der Waals surface area contributed by atoms with Crippen LogP contribution in [0.5, 0.6) is 5.75 Å². The van der Waals surface area contributed by atoms with Crippen molar-refractivity contribution < 1.29 is 39.9 Å². The van der Waals surface area contributed by atoms with Gasteiger partial charge in [0.15, 0.2) is 0 Å². The number of alkyl halides is 3. The number of rotatable bonds is 2. The second kappa shape index (κ2) is 5.52. The van der Waals surface area contributed by atoms with Crippen LogP contribution >= 0.6 is 18.6 Å². The summed E-state index contributed by atoms with van der Waals surface area (Å²) in [5, 5.41) is 0. The predicted octanol–water partition coefficient (Wildman–Crippen LogP) is 0.0713. The topological polar surface area (TPSA) is 26.3 Å². The fourth-order valence-electron chi connectivity index (χ4n) is 0.906. The van der Waals surface area contributed by atoms with Crippen molar-refractivity contribution in [1.29, 1.82) is 0 Å². The zero-order valence-electron chi connectivity index (χ0n) is 7.94. The van der Waals surface area contributed by atoms with E-state index in [0.29, 0.717) is 3.57 Å². The van der Waals surface area contributed by atoms with Gasteiger partial charge in [0.2, 0.25) is 0 Å². The Bertz CT molecular complexity index is 404. The SMILES string of the molecule is Cc1ccc([I-]I)c(OC(=O)C(F)(F)F)c1. The minimum atomic E-state index is -4.95. The summed E-state index contributed by atoms with van der Waals surface area (Å²) in [5.74, 6) is -2.15. The van der Waals surface area contributed by atoms with Crippen molar-refractivity contribution in [2.45, 2.75) is 13.1 Å². The third-order valence-electron chi connectivity index (χ3n) is 1.60. The summed E-state index contributed by atoms with van der Waals surface area (Å²) in [6.07, 6.45) is -4.95. The van der Waals surface area contributed by atoms with E-state index in [1.54, 1.807) is 19.1 Å². The zero-order chi connectivity index (χ0) is 12.3. The van der Waals surface area contributed by atoms with Gasteiger partial charge in [0, 0.05) is 0 Å². The van der Waals surface area contributed by atoms with Crippen LogP contribution < -0.4 is 22.0 Å². The molecule has 0 saturated carbocycles.